The maximum Gasteiger partial charge on any atom is 0.243 e. The number of morpholine rings is 1. The van der Waals surface area contributed by atoms with Crippen molar-refractivity contribution in [2.24, 2.45) is 0 Å². The van der Waals surface area contributed by atoms with E-state index in [1.54, 1.807) is 30.6 Å². The van der Waals surface area contributed by atoms with Crippen LogP contribution in [0.3, 0.4) is 0 Å². The molecule has 0 saturated carbocycles. The third-order valence-corrected chi connectivity index (χ3v) is 7.29. The second-order valence-electron chi connectivity index (χ2n) is 6.89. The number of benzene rings is 1. The monoisotopic (exact) mass is 415 g/mol. The molecule has 4 rings (SSSR count). The van der Waals surface area contributed by atoms with Gasteiger partial charge in [-0.25, -0.2) is 13.4 Å². The van der Waals surface area contributed by atoms with Crippen LogP contribution in [0.2, 0.25) is 0 Å². The molecule has 1 fully saturated rings. The molecular formula is C20H21N3O3S2. The molecule has 146 valence electrons. The van der Waals surface area contributed by atoms with E-state index in [1.807, 2.05) is 37.4 Å². The predicted octanol–water partition coefficient (Wildman–Crippen LogP) is 3.67. The third kappa shape index (κ3) is 3.86. The maximum absolute atomic E-state index is 13.1. The van der Waals surface area contributed by atoms with Crippen LogP contribution in [0.5, 0.6) is 0 Å². The SMILES string of the molecule is C[C@H]1CN(S(=O)(=O)c2cccc(-c3csc(-c4cccnc4)n3)c2)C[C@H](C)O1. The van der Waals surface area contributed by atoms with Crippen molar-refractivity contribution in [2.75, 3.05) is 13.1 Å². The lowest BCUT2D eigenvalue weighted by atomic mass is 10.2. The second-order valence-corrected chi connectivity index (χ2v) is 9.68. The summed E-state index contributed by atoms with van der Waals surface area (Å²) in [5, 5.41) is 2.79. The lowest BCUT2D eigenvalue weighted by Crippen LogP contribution is -2.48. The summed E-state index contributed by atoms with van der Waals surface area (Å²) in [6.45, 7) is 4.51. The highest BCUT2D eigenvalue weighted by molar-refractivity contribution is 7.89. The first kappa shape index (κ1) is 19.2. The molecule has 3 aromatic rings. The molecule has 0 bridgehead atoms. The van der Waals surface area contributed by atoms with Gasteiger partial charge in [0.05, 0.1) is 22.8 Å². The Labute approximate surface area is 168 Å². The van der Waals surface area contributed by atoms with E-state index in [4.69, 9.17) is 4.74 Å². The first-order valence-electron chi connectivity index (χ1n) is 9.05. The van der Waals surface area contributed by atoms with Gasteiger partial charge in [-0.15, -0.1) is 11.3 Å². The Kier molecular flexibility index (Phi) is 5.29. The average molecular weight is 416 g/mol. The van der Waals surface area contributed by atoms with Gasteiger partial charge in [0.15, 0.2) is 0 Å². The minimum atomic E-state index is -3.58. The van der Waals surface area contributed by atoms with E-state index in [2.05, 4.69) is 9.97 Å². The van der Waals surface area contributed by atoms with Gasteiger partial charge in [0.2, 0.25) is 10.0 Å². The Morgan fingerprint density at radius 1 is 1.11 bits per heavy atom. The fraction of sp³-hybridized carbons (Fsp3) is 0.300. The maximum atomic E-state index is 13.1. The molecule has 2 atom stereocenters. The molecule has 0 radical (unpaired) electrons. The fourth-order valence-electron chi connectivity index (χ4n) is 3.32. The Morgan fingerprint density at radius 2 is 1.86 bits per heavy atom. The lowest BCUT2D eigenvalue weighted by molar-refractivity contribution is -0.0440. The van der Waals surface area contributed by atoms with Crippen LogP contribution in [0, 0.1) is 0 Å². The third-order valence-electron chi connectivity index (χ3n) is 4.57. The Morgan fingerprint density at radius 3 is 2.57 bits per heavy atom. The zero-order valence-corrected chi connectivity index (χ0v) is 17.3. The second kappa shape index (κ2) is 7.71. The molecule has 28 heavy (non-hydrogen) atoms. The predicted molar refractivity (Wildman–Crippen MR) is 110 cm³/mol. The number of rotatable bonds is 4. The molecule has 0 amide bonds. The van der Waals surface area contributed by atoms with Crippen LogP contribution in [-0.4, -0.2) is 48.0 Å². The van der Waals surface area contributed by atoms with Gasteiger partial charge in [0.25, 0.3) is 0 Å². The summed E-state index contributed by atoms with van der Waals surface area (Å²) in [4.78, 5) is 9.07. The Balaban J connectivity index is 1.64. The summed E-state index contributed by atoms with van der Waals surface area (Å²) in [5.74, 6) is 0. The van der Waals surface area contributed by atoms with Crippen LogP contribution in [0.25, 0.3) is 21.8 Å². The van der Waals surface area contributed by atoms with E-state index in [-0.39, 0.29) is 17.1 Å². The Bertz CT molecular complexity index is 1060. The first-order chi connectivity index (χ1) is 13.4. The van der Waals surface area contributed by atoms with Gasteiger partial charge < -0.3 is 4.74 Å². The largest absolute Gasteiger partial charge is 0.373 e. The number of ether oxygens (including phenoxy) is 1. The van der Waals surface area contributed by atoms with E-state index in [0.717, 1.165) is 21.8 Å². The number of pyridine rings is 1. The number of thiazole rings is 1. The summed E-state index contributed by atoms with van der Waals surface area (Å²) >= 11 is 1.51. The highest BCUT2D eigenvalue weighted by Gasteiger charge is 2.32. The quantitative estimate of drug-likeness (QED) is 0.650. The van der Waals surface area contributed by atoms with Crippen molar-refractivity contribution < 1.29 is 13.2 Å². The van der Waals surface area contributed by atoms with Crippen LogP contribution in [0.4, 0.5) is 0 Å². The molecule has 1 aliphatic heterocycles. The van der Waals surface area contributed by atoms with Gasteiger partial charge in [-0.3, -0.25) is 4.98 Å². The molecular weight excluding hydrogens is 394 g/mol. The first-order valence-corrected chi connectivity index (χ1v) is 11.4. The van der Waals surface area contributed by atoms with Crippen molar-refractivity contribution in [3.63, 3.8) is 0 Å². The number of sulfonamides is 1. The molecule has 1 aliphatic rings. The van der Waals surface area contributed by atoms with Gasteiger partial charge in [-0.2, -0.15) is 4.31 Å². The van der Waals surface area contributed by atoms with Crippen LogP contribution >= 0.6 is 11.3 Å². The molecule has 0 unspecified atom stereocenters. The van der Waals surface area contributed by atoms with Crippen molar-refractivity contribution in [3.8, 4) is 21.8 Å². The van der Waals surface area contributed by atoms with Crippen LogP contribution in [-0.2, 0) is 14.8 Å². The minimum absolute atomic E-state index is 0.123. The number of hydrogen-bond acceptors (Lipinski definition) is 6. The summed E-state index contributed by atoms with van der Waals surface area (Å²) in [6, 6.07) is 10.8. The van der Waals surface area contributed by atoms with Crippen LogP contribution in [0.15, 0.2) is 59.1 Å². The molecule has 0 spiro atoms. The highest BCUT2D eigenvalue weighted by Crippen LogP contribution is 2.30. The van der Waals surface area contributed by atoms with E-state index in [9.17, 15) is 8.42 Å². The van der Waals surface area contributed by atoms with Crippen molar-refractivity contribution in [2.45, 2.75) is 31.0 Å². The molecule has 0 N–H and O–H groups in total. The van der Waals surface area contributed by atoms with Crippen molar-refractivity contribution in [1.82, 2.24) is 14.3 Å². The summed E-state index contributed by atoms with van der Waals surface area (Å²) in [7, 11) is -3.58. The number of aromatic nitrogens is 2. The fourth-order valence-corrected chi connectivity index (χ4v) is 5.78. The summed E-state index contributed by atoms with van der Waals surface area (Å²) < 4.78 is 33.4. The number of nitrogens with zero attached hydrogens (tertiary/aromatic N) is 3. The van der Waals surface area contributed by atoms with Gasteiger partial charge >= 0.3 is 0 Å². The van der Waals surface area contributed by atoms with Gasteiger partial charge in [0, 0.05) is 42.0 Å². The van der Waals surface area contributed by atoms with Gasteiger partial charge in [0.1, 0.15) is 5.01 Å². The van der Waals surface area contributed by atoms with Crippen LogP contribution < -0.4 is 0 Å². The highest BCUT2D eigenvalue weighted by atomic mass is 32.2. The molecule has 0 aliphatic carbocycles. The topological polar surface area (TPSA) is 72.4 Å². The van der Waals surface area contributed by atoms with Crippen molar-refractivity contribution in [1.29, 1.82) is 0 Å². The van der Waals surface area contributed by atoms with Gasteiger partial charge in [-0.1, -0.05) is 12.1 Å². The van der Waals surface area contributed by atoms with E-state index >= 15 is 0 Å². The minimum Gasteiger partial charge on any atom is -0.373 e. The lowest BCUT2D eigenvalue weighted by Gasteiger charge is -2.34. The molecule has 1 saturated heterocycles. The molecule has 3 heterocycles. The normalized spacial score (nSPS) is 20.9. The standard InChI is InChI=1S/C20H21N3O3S2/c1-14-11-23(12-15(2)26-14)28(24,25)18-7-3-5-16(9-18)19-13-27-20(22-19)17-6-4-8-21-10-17/h3-10,13-15H,11-12H2,1-2H3/t14-,15-/m0/s1. The average Bonchev–Trinajstić information content (AvgIpc) is 3.18. The molecule has 6 nitrogen and oxygen atoms in total. The van der Waals surface area contributed by atoms with E-state index in [1.165, 1.54) is 15.6 Å². The smallest absolute Gasteiger partial charge is 0.243 e. The summed E-state index contributed by atoms with van der Waals surface area (Å²) in [5.41, 5.74) is 2.48. The van der Waals surface area contributed by atoms with Crippen LogP contribution in [0.1, 0.15) is 13.8 Å². The summed E-state index contributed by atoms with van der Waals surface area (Å²) in [6.07, 6.45) is 3.24. The zero-order chi connectivity index (χ0) is 19.7. The number of hydrogen-bond donors (Lipinski definition) is 0. The van der Waals surface area contributed by atoms with Gasteiger partial charge in [-0.05, 0) is 38.1 Å². The van der Waals surface area contributed by atoms with Crippen molar-refractivity contribution >= 4 is 21.4 Å². The molecule has 8 heteroatoms. The Hall–Kier alpha value is -2.13. The van der Waals surface area contributed by atoms with E-state index < -0.39 is 10.0 Å². The zero-order valence-electron chi connectivity index (χ0n) is 15.6. The van der Waals surface area contributed by atoms with E-state index in [0.29, 0.717) is 13.1 Å². The molecule has 1 aromatic carbocycles. The molecule has 2 aromatic heterocycles. The van der Waals surface area contributed by atoms with Crippen molar-refractivity contribution in [3.05, 3.63) is 54.2 Å².